The second-order valence-electron chi connectivity index (χ2n) is 8.57. The first-order valence-electron chi connectivity index (χ1n) is 11.5. The highest BCUT2D eigenvalue weighted by Gasteiger charge is 2.23. The van der Waals surface area contributed by atoms with Crippen LogP contribution in [0, 0.1) is 13.8 Å². The summed E-state index contributed by atoms with van der Waals surface area (Å²) in [6, 6.07) is 14.3. The number of thiophene rings is 1. The molecule has 0 saturated heterocycles. The number of rotatable bonds is 6. The van der Waals surface area contributed by atoms with Gasteiger partial charge in [0.15, 0.2) is 5.16 Å². The van der Waals surface area contributed by atoms with Crippen LogP contribution in [0.1, 0.15) is 46.9 Å². The van der Waals surface area contributed by atoms with Gasteiger partial charge in [-0.3, -0.25) is 9.36 Å². The average Bonchev–Trinajstić information content (AvgIpc) is 3.19. The van der Waals surface area contributed by atoms with Gasteiger partial charge in [-0.2, -0.15) is 0 Å². The lowest BCUT2D eigenvalue weighted by molar-refractivity contribution is 0.340. The van der Waals surface area contributed by atoms with E-state index in [0.717, 1.165) is 51.8 Å². The molecule has 2 aromatic carbocycles. The van der Waals surface area contributed by atoms with E-state index in [1.54, 1.807) is 27.7 Å². The summed E-state index contributed by atoms with van der Waals surface area (Å²) in [7, 11) is 0. The van der Waals surface area contributed by atoms with Gasteiger partial charge in [-0.15, -0.1) is 11.3 Å². The topological polar surface area (TPSA) is 44.1 Å². The zero-order valence-electron chi connectivity index (χ0n) is 19.3. The van der Waals surface area contributed by atoms with E-state index in [1.165, 1.54) is 33.6 Å². The molecule has 0 spiro atoms. The first-order chi connectivity index (χ1) is 16.0. The van der Waals surface area contributed by atoms with Gasteiger partial charge in [0.05, 0.1) is 17.7 Å². The van der Waals surface area contributed by atoms with Crippen LogP contribution in [0.5, 0.6) is 5.75 Å². The SMILES string of the molecule is CCOc1ccc(-n2c(SCc3cc(C)ccc3C)nc3sc4c(c3c2=O)CCCC4)cc1. The number of fused-ring (bicyclic) bond motifs is 3. The summed E-state index contributed by atoms with van der Waals surface area (Å²) < 4.78 is 7.41. The molecule has 0 bridgehead atoms. The molecule has 1 aliphatic carbocycles. The molecule has 4 nitrogen and oxygen atoms in total. The molecule has 4 aromatic rings. The van der Waals surface area contributed by atoms with Crippen LogP contribution in [-0.4, -0.2) is 16.2 Å². The monoisotopic (exact) mass is 476 g/mol. The van der Waals surface area contributed by atoms with Crippen molar-refractivity contribution in [2.45, 2.75) is 57.4 Å². The summed E-state index contributed by atoms with van der Waals surface area (Å²) in [5, 5.41) is 1.57. The number of hydrogen-bond acceptors (Lipinski definition) is 5. The maximum absolute atomic E-state index is 13.9. The molecule has 0 fully saturated rings. The third-order valence-electron chi connectivity index (χ3n) is 6.23. The Kier molecular flexibility index (Phi) is 6.30. The van der Waals surface area contributed by atoms with E-state index in [2.05, 4.69) is 32.0 Å². The fourth-order valence-corrected chi connectivity index (χ4v) is 6.85. The summed E-state index contributed by atoms with van der Waals surface area (Å²) in [6.45, 7) is 6.84. The molecule has 0 aliphatic heterocycles. The third kappa shape index (κ3) is 4.34. The van der Waals surface area contributed by atoms with E-state index in [1.807, 2.05) is 31.2 Å². The summed E-state index contributed by atoms with van der Waals surface area (Å²) in [5.74, 6) is 1.58. The lowest BCUT2D eigenvalue weighted by Crippen LogP contribution is -2.22. The van der Waals surface area contributed by atoms with Gasteiger partial charge in [0, 0.05) is 10.6 Å². The molecule has 0 unspecified atom stereocenters. The molecular weight excluding hydrogens is 448 g/mol. The van der Waals surface area contributed by atoms with Gasteiger partial charge in [-0.05, 0) is 87.4 Å². The zero-order valence-corrected chi connectivity index (χ0v) is 20.9. The number of nitrogens with zero attached hydrogens (tertiary/aromatic N) is 2. The third-order valence-corrected chi connectivity index (χ3v) is 8.40. The summed E-state index contributed by atoms with van der Waals surface area (Å²) >= 11 is 3.35. The fraction of sp³-hybridized carbons (Fsp3) is 0.333. The van der Waals surface area contributed by atoms with E-state index in [4.69, 9.17) is 9.72 Å². The predicted octanol–water partition coefficient (Wildman–Crippen LogP) is 6.63. The van der Waals surface area contributed by atoms with E-state index in [0.29, 0.717) is 6.61 Å². The number of ether oxygens (including phenoxy) is 1. The van der Waals surface area contributed by atoms with Crippen LogP contribution in [0.4, 0.5) is 0 Å². The maximum atomic E-state index is 13.9. The number of benzene rings is 2. The van der Waals surface area contributed by atoms with Gasteiger partial charge in [0.2, 0.25) is 0 Å². The Morgan fingerprint density at radius 1 is 1.09 bits per heavy atom. The van der Waals surface area contributed by atoms with Crippen molar-refractivity contribution >= 4 is 33.3 Å². The maximum Gasteiger partial charge on any atom is 0.267 e. The number of hydrogen-bond donors (Lipinski definition) is 0. The van der Waals surface area contributed by atoms with Gasteiger partial charge in [0.25, 0.3) is 5.56 Å². The van der Waals surface area contributed by atoms with E-state index < -0.39 is 0 Å². The molecule has 6 heteroatoms. The highest BCUT2D eigenvalue weighted by atomic mass is 32.2. The van der Waals surface area contributed by atoms with Crippen molar-refractivity contribution in [3.05, 3.63) is 79.9 Å². The predicted molar refractivity (Wildman–Crippen MR) is 139 cm³/mol. The van der Waals surface area contributed by atoms with E-state index in [-0.39, 0.29) is 5.56 Å². The molecule has 2 aromatic heterocycles. The molecule has 0 amide bonds. The largest absolute Gasteiger partial charge is 0.494 e. The molecule has 5 rings (SSSR count). The molecule has 1 aliphatic rings. The summed E-state index contributed by atoms with van der Waals surface area (Å²) in [5.41, 5.74) is 5.89. The van der Waals surface area contributed by atoms with Crippen molar-refractivity contribution in [3.8, 4) is 11.4 Å². The van der Waals surface area contributed by atoms with Crippen LogP contribution >= 0.6 is 23.1 Å². The summed E-state index contributed by atoms with van der Waals surface area (Å²) in [6.07, 6.45) is 4.37. The normalized spacial score (nSPS) is 13.3. The smallest absolute Gasteiger partial charge is 0.267 e. The molecule has 0 atom stereocenters. The highest BCUT2D eigenvalue weighted by Crippen LogP contribution is 2.36. The van der Waals surface area contributed by atoms with Crippen LogP contribution in [0.25, 0.3) is 15.9 Å². The molecule has 170 valence electrons. The molecule has 0 radical (unpaired) electrons. The van der Waals surface area contributed by atoms with Gasteiger partial charge in [0.1, 0.15) is 10.6 Å². The standard InChI is InChI=1S/C27H28N2O2S2/c1-4-31-21-13-11-20(12-14-21)29-26(30)24-22-7-5-6-8-23(22)33-25(24)28-27(29)32-16-19-15-17(2)9-10-18(19)3/h9-15H,4-8,16H2,1-3H3. The van der Waals surface area contributed by atoms with Gasteiger partial charge in [-0.25, -0.2) is 4.98 Å². The van der Waals surface area contributed by atoms with Crippen LogP contribution in [0.2, 0.25) is 0 Å². The highest BCUT2D eigenvalue weighted by molar-refractivity contribution is 7.98. The van der Waals surface area contributed by atoms with Crippen molar-refractivity contribution in [2.24, 2.45) is 0 Å². The van der Waals surface area contributed by atoms with Crippen LogP contribution in [-0.2, 0) is 18.6 Å². The summed E-state index contributed by atoms with van der Waals surface area (Å²) in [4.78, 5) is 21.2. The first-order valence-corrected chi connectivity index (χ1v) is 13.3. The van der Waals surface area contributed by atoms with Gasteiger partial charge < -0.3 is 4.74 Å². The molecule has 33 heavy (non-hydrogen) atoms. The average molecular weight is 477 g/mol. The number of aromatic nitrogens is 2. The van der Waals surface area contributed by atoms with Crippen molar-refractivity contribution < 1.29 is 4.74 Å². The Morgan fingerprint density at radius 3 is 2.67 bits per heavy atom. The molecule has 0 N–H and O–H groups in total. The minimum absolute atomic E-state index is 0.0482. The van der Waals surface area contributed by atoms with E-state index in [9.17, 15) is 4.79 Å². The zero-order chi connectivity index (χ0) is 22.9. The van der Waals surface area contributed by atoms with Crippen molar-refractivity contribution in [3.63, 3.8) is 0 Å². The minimum atomic E-state index is 0.0482. The lowest BCUT2D eigenvalue weighted by Gasteiger charge is -2.15. The Morgan fingerprint density at radius 2 is 1.88 bits per heavy atom. The Balaban J connectivity index is 1.63. The Hall–Kier alpha value is -2.57. The second kappa shape index (κ2) is 9.35. The van der Waals surface area contributed by atoms with E-state index >= 15 is 0 Å². The van der Waals surface area contributed by atoms with Crippen molar-refractivity contribution in [1.82, 2.24) is 9.55 Å². The quantitative estimate of drug-likeness (QED) is 0.231. The van der Waals surface area contributed by atoms with Crippen molar-refractivity contribution in [2.75, 3.05) is 6.61 Å². The van der Waals surface area contributed by atoms with Crippen LogP contribution in [0.3, 0.4) is 0 Å². The Bertz CT molecular complexity index is 1370. The van der Waals surface area contributed by atoms with Crippen LogP contribution < -0.4 is 10.3 Å². The number of thioether (sulfide) groups is 1. The second-order valence-corrected chi connectivity index (χ2v) is 10.6. The fourth-order valence-electron chi connectivity index (χ4n) is 4.47. The van der Waals surface area contributed by atoms with Crippen LogP contribution in [0.15, 0.2) is 52.4 Å². The Labute approximate surface area is 202 Å². The number of aryl methyl sites for hydroxylation is 4. The minimum Gasteiger partial charge on any atom is -0.494 e. The molecule has 0 saturated carbocycles. The van der Waals surface area contributed by atoms with Gasteiger partial charge >= 0.3 is 0 Å². The molecule has 2 heterocycles. The van der Waals surface area contributed by atoms with Crippen molar-refractivity contribution in [1.29, 1.82) is 0 Å². The molecular formula is C27H28N2O2S2. The van der Waals surface area contributed by atoms with Gasteiger partial charge in [-0.1, -0.05) is 35.5 Å². The first kappa shape index (κ1) is 22.2. The lowest BCUT2D eigenvalue weighted by atomic mass is 9.97.